The molecule has 0 aliphatic carbocycles. The summed E-state index contributed by atoms with van der Waals surface area (Å²) < 4.78 is 27.4. The van der Waals surface area contributed by atoms with Gasteiger partial charge in [0.1, 0.15) is 6.07 Å². The van der Waals surface area contributed by atoms with Crippen molar-refractivity contribution in [1.82, 2.24) is 14.1 Å². The van der Waals surface area contributed by atoms with E-state index in [1.165, 1.54) is 16.4 Å². The van der Waals surface area contributed by atoms with Gasteiger partial charge in [0.05, 0.1) is 16.5 Å². The van der Waals surface area contributed by atoms with Crippen molar-refractivity contribution in [3.05, 3.63) is 29.8 Å². The molecule has 0 saturated carbocycles. The number of hydrogen-bond acceptors (Lipinski definition) is 5. The van der Waals surface area contributed by atoms with Gasteiger partial charge in [0.15, 0.2) is 0 Å². The molecule has 0 spiro atoms. The number of rotatable bonds is 4. The van der Waals surface area contributed by atoms with E-state index in [4.69, 9.17) is 0 Å². The van der Waals surface area contributed by atoms with Crippen LogP contribution in [0.2, 0.25) is 0 Å². The summed E-state index contributed by atoms with van der Waals surface area (Å²) in [5, 5.41) is 9.24. The Kier molecular flexibility index (Phi) is 6.62. The van der Waals surface area contributed by atoms with Gasteiger partial charge in [-0.05, 0) is 52.2 Å². The van der Waals surface area contributed by atoms with Crippen LogP contribution in [0.5, 0.6) is 0 Å². The standard InChI is InChI=1S/C21H30N4O3S/c1-16-7-6-8-17(2)25(16)21(26)18(3)23-11-13-24(14-12-23)29(27,28)20-10-5-4-9-19(20)15-22/h4-5,9-10,16-18H,6-8,11-14H2,1-3H3/t16-,17+,18-/m1/s1. The van der Waals surface area contributed by atoms with Crippen LogP contribution in [0, 0.1) is 11.3 Å². The van der Waals surface area contributed by atoms with Crippen LogP contribution >= 0.6 is 0 Å². The van der Waals surface area contributed by atoms with Gasteiger partial charge in [0.2, 0.25) is 15.9 Å². The number of carbonyl (C=O) groups excluding carboxylic acids is 1. The predicted molar refractivity (Wildman–Crippen MR) is 111 cm³/mol. The van der Waals surface area contributed by atoms with Gasteiger partial charge < -0.3 is 4.90 Å². The van der Waals surface area contributed by atoms with E-state index in [0.717, 1.165) is 19.3 Å². The number of amides is 1. The van der Waals surface area contributed by atoms with Crippen molar-refractivity contribution in [2.75, 3.05) is 26.2 Å². The number of piperidine rings is 1. The zero-order chi connectivity index (χ0) is 21.2. The van der Waals surface area contributed by atoms with Crippen LogP contribution in [0.3, 0.4) is 0 Å². The molecule has 1 aromatic rings. The molecule has 7 nitrogen and oxygen atoms in total. The summed E-state index contributed by atoms with van der Waals surface area (Å²) in [4.78, 5) is 17.3. The number of nitrogens with zero attached hydrogens (tertiary/aromatic N) is 4. The second kappa shape index (κ2) is 8.82. The van der Waals surface area contributed by atoms with Gasteiger partial charge in [-0.2, -0.15) is 9.57 Å². The fraction of sp³-hybridized carbons (Fsp3) is 0.619. The third kappa shape index (κ3) is 4.32. The number of likely N-dealkylation sites (tertiary alicyclic amines) is 1. The van der Waals surface area contributed by atoms with Crippen molar-refractivity contribution in [1.29, 1.82) is 5.26 Å². The molecule has 0 unspecified atom stereocenters. The molecular weight excluding hydrogens is 388 g/mol. The fourth-order valence-corrected chi connectivity index (χ4v) is 6.05. The summed E-state index contributed by atoms with van der Waals surface area (Å²) >= 11 is 0. The van der Waals surface area contributed by atoms with Crippen LogP contribution in [0.1, 0.15) is 45.6 Å². The molecule has 0 aromatic heterocycles. The van der Waals surface area contributed by atoms with Crippen LogP contribution in [0.4, 0.5) is 0 Å². The molecule has 1 aromatic carbocycles. The monoisotopic (exact) mass is 418 g/mol. The molecule has 2 aliphatic heterocycles. The van der Waals surface area contributed by atoms with Gasteiger partial charge >= 0.3 is 0 Å². The third-order valence-electron chi connectivity index (χ3n) is 6.25. The highest BCUT2D eigenvalue weighted by molar-refractivity contribution is 7.89. The largest absolute Gasteiger partial charge is 0.336 e. The van der Waals surface area contributed by atoms with Crippen molar-refractivity contribution < 1.29 is 13.2 Å². The molecular formula is C21H30N4O3S. The van der Waals surface area contributed by atoms with Crippen LogP contribution in [0.25, 0.3) is 0 Å². The fourth-order valence-electron chi connectivity index (χ4n) is 4.48. The molecule has 3 atom stereocenters. The number of sulfonamides is 1. The van der Waals surface area contributed by atoms with Crippen molar-refractivity contribution in [2.24, 2.45) is 0 Å². The maximum Gasteiger partial charge on any atom is 0.244 e. The lowest BCUT2D eigenvalue weighted by Gasteiger charge is -2.43. The first-order chi connectivity index (χ1) is 13.8. The Morgan fingerprint density at radius 3 is 2.28 bits per heavy atom. The lowest BCUT2D eigenvalue weighted by molar-refractivity contribution is -0.143. The Hall–Kier alpha value is -1.95. The zero-order valence-corrected chi connectivity index (χ0v) is 18.2. The van der Waals surface area contributed by atoms with Crippen LogP contribution in [-0.2, 0) is 14.8 Å². The summed E-state index contributed by atoms with van der Waals surface area (Å²) in [5.74, 6) is 0.135. The first-order valence-corrected chi connectivity index (χ1v) is 11.8. The first kappa shape index (κ1) is 21.8. The molecule has 29 heavy (non-hydrogen) atoms. The summed E-state index contributed by atoms with van der Waals surface area (Å²) in [6.07, 6.45) is 3.22. The minimum absolute atomic E-state index is 0.0519. The highest BCUT2D eigenvalue weighted by atomic mass is 32.2. The van der Waals surface area contributed by atoms with Crippen LogP contribution < -0.4 is 0 Å². The maximum atomic E-state index is 13.1. The molecule has 2 heterocycles. The van der Waals surface area contributed by atoms with Crippen molar-refractivity contribution in [2.45, 2.75) is 63.1 Å². The van der Waals surface area contributed by atoms with E-state index in [1.54, 1.807) is 12.1 Å². The summed E-state index contributed by atoms with van der Waals surface area (Å²) in [5.41, 5.74) is 0.159. The van der Waals surface area contributed by atoms with Gasteiger partial charge in [0, 0.05) is 38.3 Å². The molecule has 2 fully saturated rings. The molecule has 1 amide bonds. The Morgan fingerprint density at radius 1 is 1.10 bits per heavy atom. The van der Waals surface area contributed by atoms with E-state index < -0.39 is 10.0 Å². The summed E-state index contributed by atoms with van der Waals surface area (Å²) in [7, 11) is -3.72. The van der Waals surface area contributed by atoms with Gasteiger partial charge in [-0.25, -0.2) is 8.42 Å². The van der Waals surface area contributed by atoms with E-state index in [1.807, 2.05) is 17.9 Å². The Morgan fingerprint density at radius 2 is 1.69 bits per heavy atom. The molecule has 8 heteroatoms. The van der Waals surface area contributed by atoms with Crippen molar-refractivity contribution >= 4 is 15.9 Å². The van der Waals surface area contributed by atoms with Crippen LogP contribution in [-0.4, -0.2) is 72.7 Å². The van der Waals surface area contributed by atoms with Crippen LogP contribution in [0.15, 0.2) is 29.2 Å². The van der Waals surface area contributed by atoms with E-state index in [-0.39, 0.29) is 34.5 Å². The van der Waals surface area contributed by atoms with Crippen molar-refractivity contribution in [3.8, 4) is 6.07 Å². The number of nitriles is 1. The molecule has 3 rings (SSSR count). The lowest BCUT2D eigenvalue weighted by Crippen LogP contribution is -2.58. The Balaban J connectivity index is 1.67. The number of piperazine rings is 1. The SMILES string of the molecule is C[C@H](C(=O)N1[C@H](C)CCC[C@@H]1C)N1CCN(S(=O)(=O)c2ccccc2C#N)CC1. The second-order valence-electron chi connectivity index (χ2n) is 8.10. The molecule has 0 N–H and O–H groups in total. The highest BCUT2D eigenvalue weighted by Gasteiger charge is 2.37. The molecule has 158 valence electrons. The van der Waals surface area contributed by atoms with Gasteiger partial charge in [-0.15, -0.1) is 0 Å². The lowest BCUT2D eigenvalue weighted by atomic mass is 9.96. The number of carbonyl (C=O) groups is 1. The van der Waals surface area contributed by atoms with E-state index in [9.17, 15) is 18.5 Å². The second-order valence-corrected chi connectivity index (χ2v) is 10.0. The van der Waals surface area contributed by atoms with Crippen molar-refractivity contribution in [3.63, 3.8) is 0 Å². The van der Waals surface area contributed by atoms with Gasteiger partial charge in [0.25, 0.3) is 0 Å². The minimum Gasteiger partial charge on any atom is -0.336 e. The van der Waals surface area contributed by atoms with E-state index >= 15 is 0 Å². The molecule has 2 saturated heterocycles. The van der Waals surface area contributed by atoms with Gasteiger partial charge in [-0.1, -0.05) is 12.1 Å². The van der Waals surface area contributed by atoms with Gasteiger partial charge in [-0.3, -0.25) is 9.69 Å². The molecule has 0 bridgehead atoms. The summed E-state index contributed by atoms with van der Waals surface area (Å²) in [6, 6.07) is 8.47. The molecule has 2 aliphatic rings. The normalized spacial score (nSPS) is 25.4. The average molecular weight is 419 g/mol. The quantitative estimate of drug-likeness (QED) is 0.747. The summed E-state index contributed by atoms with van der Waals surface area (Å²) in [6.45, 7) is 7.75. The minimum atomic E-state index is -3.72. The third-order valence-corrected chi connectivity index (χ3v) is 8.21. The Bertz CT molecular complexity index is 877. The molecule has 0 radical (unpaired) electrons. The smallest absolute Gasteiger partial charge is 0.244 e. The topological polar surface area (TPSA) is 84.7 Å². The average Bonchev–Trinajstić information content (AvgIpc) is 2.73. The Labute approximate surface area is 173 Å². The number of benzene rings is 1. The first-order valence-electron chi connectivity index (χ1n) is 10.3. The van der Waals surface area contributed by atoms with E-state index in [0.29, 0.717) is 26.2 Å². The predicted octanol–water partition coefficient (Wildman–Crippen LogP) is 2.04. The zero-order valence-electron chi connectivity index (χ0n) is 17.4. The number of hydrogen-bond donors (Lipinski definition) is 0. The maximum absolute atomic E-state index is 13.1. The highest BCUT2D eigenvalue weighted by Crippen LogP contribution is 2.25. The van der Waals surface area contributed by atoms with E-state index in [2.05, 4.69) is 18.7 Å².